The van der Waals surface area contributed by atoms with Crippen molar-refractivity contribution in [1.29, 1.82) is 0 Å². The average molecular weight is 190 g/mol. The van der Waals surface area contributed by atoms with Crippen molar-refractivity contribution < 1.29 is 4.39 Å². The predicted octanol–water partition coefficient (Wildman–Crippen LogP) is 3.87. The molecule has 0 radical (unpaired) electrons. The Hall–Kier alpha value is -1.11. The van der Waals surface area contributed by atoms with Crippen molar-refractivity contribution in [2.45, 2.75) is 33.1 Å². The Kier molecular flexibility index (Phi) is 2.40. The second-order valence-electron chi connectivity index (χ2n) is 3.96. The minimum atomic E-state index is -0.0858. The van der Waals surface area contributed by atoms with Crippen LogP contribution >= 0.6 is 0 Å². The van der Waals surface area contributed by atoms with Gasteiger partial charge in [-0.15, -0.1) is 0 Å². The third kappa shape index (κ3) is 1.59. The molecule has 0 unspecified atom stereocenters. The number of fused-ring (bicyclic) bond motifs is 1. The van der Waals surface area contributed by atoms with Gasteiger partial charge in [0.15, 0.2) is 0 Å². The van der Waals surface area contributed by atoms with E-state index in [0.29, 0.717) is 0 Å². The van der Waals surface area contributed by atoms with Gasteiger partial charge in [0.1, 0.15) is 5.82 Å². The first-order valence-electron chi connectivity index (χ1n) is 5.19. The van der Waals surface area contributed by atoms with Crippen molar-refractivity contribution in [3.8, 4) is 0 Å². The first-order chi connectivity index (χ1) is 6.70. The lowest BCUT2D eigenvalue weighted by atomic mass is 9.90. The van der Waals surface area contributed by atoms with E-state index in [0.717, 1.165) is 30.4 Å². The van der Waals surface area contributed by atoms with E-state index in [4.69, 9.17) is 0 Å². The van der Waals surface area contributed by atoms with Gasteiger partial charge in [0.2, 0.25) is 0 Å². The predicted molar refractivity (Wildman–Crippen MR) is 57.7 cm³/mol. The molecule has 0 saturated carbocycles. The summed E-state index contributed by atoms with van der Waals surface area (Å²) >= 11 is 0. The van der Waals surface area contributed by atoms with Crippen LogP contribution in [0, 0.1) is 12.7 Å². The highest BCUT2D eigenvalue weighted by Crippen LogP contribution is 2.27. The van der Waals surface area contributed by atoms with Crippen molar-refractivity contribution in [2.24, 2.45) is 0 Å². The van der Waals surface area contributed by atoms with Crippen LogP contribution in [0.1, 0.15) is 36.5 Å². The Balaban J connectivity index is 2.48. The molecular weight excluding hydrogens is 175 g/mol. The van der Waals surface area contributed by atoms with E-state index in [2.05, 4.69) is 13.0 Å². The van der Waals surface area contributed by atoms with Gasteiger partial charge < -0.3 is 0 Å². The maximum atomic E-state index is 13.3. The third-order valence-electron chi connectivity index (χ3n) is 2.95. The highest BCUT2D eigenvalue weighted by Gasteiger charge is 2.11. The van der Waals surface area contributed by atoms with Crippen LogP contribution in [-0.2, 0) is 6.42 Å². The van der Waals surface area contributed by atoms with Crippen molar-refractivity contribution in [3.05, 3.63) is 40.2 Å². The molecule has 0 aromatic heterocycles. The van der Waals surface area contributed by atoms with Crippen LogP contribution in [-0.4, -0.2) is 0 Å². The molecule has 0 amide bonds. The molecule has 0 aliphatic heterocycles. The monoisotopic (exact) mass is 190 g/mol. The Morgan fingerprint density at radius 1 is 1.29 bits per heavy atom. The molecule has 74 valence electrons. The fraction of sp³-hybridized carbons (Fsp3) is 0.385. The van der Waals surface area contributed by atoms with E-state index in [1.807, 2.05) is 13.0 Å². The van der Waals surface area contributed by atoms with E-state index >= 15 is 0 Å². The second-order valence-corrected chi connectivity index (χ2v) is 3.96. The van der Waals surface area contributed by atoms with E-state index in [9.17, 15) is 4.39 Å². The van der Waals surface area contributed by atoms with Crippen LogP contribution in [0.5, 0.6) is 0 Å². The summed E-state index contributed by atoms with van der Waals surface area (Å²) in [5, 5.41) is 0. The average Bonchev–Trinajstić information content (AvgIpc) is 2.19. The fourth-order valence-corrected chi connectivity index (χ4v) is 1.97. The lowest BCUT2D eigenvalue weighted by Gasteiger charge is -2.16. The third-order valence-corrected chi connectivity index (χ3v) is 2.95. The van der Waals surface area contributed by atoms with E-state index in [-0.39, 0.29) is 5.82 Å². The van der Waals surface area contributed by atoms with Gasteiger partial charge in [0.25, 0.3) is 0 Å². The van der Waals surface area contributed by atoms with Crippen molar-refractivity contribution in [3.63, 3.8) is 0 Å². The molecule has 0 fully saturated rings. The topological polar surface area (TPSA) is 0 Å². The van der Waals surface area contributed by atoms with Crippen LogP contribution in [0.25, 0.3) is 6.08 Å². The minimum absolute atomic E-state index is 0.0858. The highest BCUT2D eigenvalue weighted by molar-refractivity contribution is 5.60. The number of hydrogen-bond donors (Lipinski definition) is 0. The summed E-state index contributed by atoms with van der Waals surface area (Å²) in [7, 11) is 0. The van der Waals surface area contributed by atoms with Gasteiger partial charge in [0.05, 0.1) is 0 Å². The molecule has 2 rings (SSSR count). The molecule has 0 saturated heterocycles. The van der Waals surface area contributed by atoms with Crippen molar-refractivity contribution >= 4 is 6.08 Å². The van der Waals surface area contributed by atoms with Gasteiger partial charge in [-0.25, -0.2) is 4.39 Å². The van der Waals surface area contributed by atoms with Gasteiger partial charge in [-0.05, 0) is 48.9 Å². The molecule has 1 heteroatoms. The summed E-state index contributed by atoms with van der Waals surface area (Å²) in [6.45, 7) is 3.98. The van der Waals surface area contributed by atoms with Crippen molar-refractivity contribution in [1.82, 2.24) is 0 Å². The zero-order valence-electron chi connectivity index (χ0n) is 8.73. The highest BCUT2D eigenvalue weighted by atomic mass is 19.1. The maximum Gasteiger partial charge on any atom is 0.126 e. The summed E-state index contributed by atoms with van der Waals surface area (Å²) in [5.74, 6) is -0.0858. The van der Waals surface area contributed by atoms with E-state index in [1.54, 1.807) is 6.07 Å². The SMILES string of the molecule is CCC1=Cc2cc(F)c(C)cc2CC1. The molecule has 1 aliphatic rings. The molecule has 1 aromatic carbocycles. The first kappa shape index (κ1) is 9.45. The lowest BCUT2D eigenvalue weighted by molar-refractivity contribution is 0.616. The molecule has 1 aliphatic carbocycles. The summed E-state index contributed by atoms with van der Waals surface area (Å²) in [5.41, 5.74) is 4.56. The Bertz CT molecular complexity index is 388. The van der Waals surface area contributed by atoms with E-state index < -0.39 is 0 Å². The zero-order valence-corrected chi connectivity index (χ0v) is 8.73. The summed E-state index contributed by atoms with van der Waals surface area (Å²) in [6, 6.07) is 3.65. The lowest BCUT2D eigenvalue weighted by Crippen LogP contribution is -2.00. The molecule has 0 nitrogen and oxygen atoms in total. The van der Waals surface area contributed by atoms with Gasteiger partial charge >= 0.3 is 0 Å². The van der Waals surface area contributed by atoms with Crippen LogP contribution in [0.2, 0.25) is 0 Å². The zero-order chi connectivity index (χ0) is 10.1. The molecule has 14 heavy (non-hydrogen) atoms. The number of aryl methyl sites for hydroxylation is 2. The van der Waals surface area contributed by atoms with Gasteiger partial charge in [0, 0.05) is 0 Å². The molecule has 0 spiro atoms. The Morgan fingerprint density at radius 3 is 2.79 bits per heavy atom. The van der Waals surface area contributed by atoms with Crippen LogP contribution < -0.4 is 0 Å². The number of halogens is 1. The number of allylic oxidation sites excluding steroid dienone is 1. The molecule has 1 aromatic rings. The molecule has 0 atom stereocenters. The first-order valence-corrected chi connectivity index (χ1v) is 5.19. The van der Waals surface area contributed by atoms with Gasteiger partial charge in [-0.2, -0.15) is 0 Å². The molecule has 0 N–H and O–H groups in total. The standard InChI is InChI=1S/C13H15F/c1-3-10-4-5-11-6-9(2)13(14)8-12(11)7-10/h6-8H,3-5H2,1-2H3. The smallest absolute Gasteiger partial charge is 0.126 e. The summed E-state index contributed by atoms with van der Waals surface area (Å²) in [4.78, 5) is 0. The van der Waals surface area contributed by atoms with Crippen LogP contribution in [0.4, 0.5) is 4.39 Å². The normalized spacial score (nSPS) is 14.9. The summed E-state index contributed by atoms with van der Waals surface area (Å²) < 4.78 is 13.3. The molecule has 0 bridgehead atoms. The van der Waals surface area contributed by atoms with E-state index in [1.165, 1.54) is 11.1 Å². The summed E-state index contributed by atoms with van der Waals surface area (Å²) in [6.07, 6.45) is 5.42. The van der Waals surface area contributed by atoms with Gasteiger partial charge in [-0.3, -0.25) is 0 Å². The minimum Gasteiger partial charge on any atom is -0.207 e. The van der Waals surface area contributed by atoms with Gasteiger partial charge in [-0.1, -0.05) is 24.6 Å². The van der Waals surface area contributed by atoms with Crippen LogP contribution in [0.3, 0.4) is 0 Å². The number of hydrogen-bond acceptors (Lipinski definition) is 0. The Morgan fingerprint density at radius 2 is 2.07 bits per heavy atom. The second kappa shape index (κ2) is 3.56. The molecule has 0 heterocycles. The maximum absolute atomic E-state index is 13.3. The number of rotatable bonds is 1. The van der Waals surface area contributed by atoms with Crippen LogP contribution in [0.15, 0.2) is 17.7 Å². The number of benzene rings is 1. The Labute approximate surface area is 84.5 Å². The van der Waals surface area contributed by atoms with Crippen molar-refractivity contribution in [2.75, 3.05) is 0 Å². The quantitative estimate of drug-likeness (QED) is 0.630. The largest absolute Gasteiger partial charge is 0.207 e. The fourth-order valence-electron chi connectivity index (χ4n) is 1.97. The molecular formula is C13H15F.